The lowest BCUT2D eigenvalue weighted by atomic mass is 9.69. The molecule has 2 saturated heterocycles. The van der Waals surface area contributed by atoms with Crippen molar-refractivity contribution in [2.75, 3.05) is 10.6 Å². The Morgan fingerprint density at radius 3 is 1.41 bits per heavy atom. The fourth-order valence-electron chi connectivity index (χ4n) is 6.51. The van der Waals surface area contributed by atoms with Gasteiger partial charge in [-0.15, -0.1) is 0 Å². The minimum Gasteiger partial charge on any atom is -0.455 e. The molecule has 1 aromatic carbocycles. The number of fused-ring (bicyclic) bond motifs is 4. The zero-order chi connectivity index (χ0) is 24.5. The van der Waals surface area contributed by atoms with Crippen LogP contribution in [0, 0.1) is 22.7 Å². The van der Waals surface area contributed by atoms with Crippen LogP contribution < -0.4 is 10.6 Å². The van der Waals surface area contributed by atoms with Crippen LogP contribution in [0.25, 0.3) is 0 Å². The van der Waals surface area contributed by atoms with Gasteiger partial charge in [0.25, 0.3) is 0 Å². The summed E-state index contributed by atoms with van der Waals surface area (Å²) in [7, 11) is 0. The van der Waals surface area contributed by atoms with Gasteiger partial charge in [0.1, 0.15) is 11.2 Å². The Kier molecular flexibility index (Phi) is 4.98. The van der Waals surface area contributed by atoms with Crippen molar-refractivity contribution >= 4 is 23.3 Å². The van der Waals surface area contributed by atoms with E-state index < -0.39 is 0 Å². The highest BCUT2D eigenvalue weighted by atomic mass is 16.6. The molecule has 0 spiro atoms. The van der Waals surface area contributed by atoms with Crippen LogP contribution in [0.4, 0.5) is 11.4 Å². The minimum atomic E-state index is -0.384. The molecule has 0 radical (unpaired) electrons. The highest BCUT2D eigenvalue weighted by Crippen LogP contribution is 2.59. The van der Waals surface area contributed by atoms with Crippen LogP contribution in [0.3, 0.4) is 0 Å². The standard InChI is InChI=1S/C28H36N2O4/c1-25(2)21-11-13-27(25,5)33-23(31)19(21)15-29-17-7-9-18(10-8-17)30-16-20-22-12-14-28(6,26(22,3)4)34-24(20)32/h7-10,15-16,21-22,29-30H,11-14H2,1-6H3/b19-15-,20-16-/t21-,22-,27-,28-/m1/s1. The van der Waals surface area contributed by atoms with E-state index in [-0.39, 0.29) is 45.8 Å². The Bertz CT molecular complexity index is 1010. The summed E-state index contributed by atoms with van der Waals surface area (Å²) in [5.41, 5.74) is 2.26. The molecule has 2 N–H and O–H groups in total. The van der Waals surface area contributed by atoms with Gasteiger partial charge in [0, 0.05) is 46.4 Å². The molecule has 2 heterocycles. The second-order valence-corrected chi connectivity index (χ2v) is 11.9. The highest BCUT2D eigenvalue weighted by Gasteiger charge is 2.61. The molecule has 4 bridgehead atoms. The number of rotatable bonds is 4. The van der Waals surface area contributed by atoms with Gasteiger partial charge in [0.05, 0.1) is 11.1 Å². The molecule has 2 aliphatic carbocycles. The Balaban J connectivity index is 1.27. The van der Waals surface area contributed by atoms with Gasteiger partial charge in [-0.2, -0.15) is 0 Å². The minimum absolute atomic E-state index is 0.0821. The number of carbonyl (C=O) groups excluding carboxylic acids is 2. The summed E-state index contributed by atoms with van der Waals surface area (Å²) in [6.45, 7) is 12.9. The quantitative estimate of drug-likeness (QED) is 0.434. The lowest BCUT2D eigenvalue weighted by Gasteiger charge is -2.45. The van der Waals surface area contributed by atoms with E-state index in [9.17, 15) is 9.59 Å². The number of benzene rings is 1. The van der Waals surface area contributed by atoms with E-state index in [1.807, 2.05) is 24.3 Å². The van der Waals surface area contributed by atoms with Crippen molar-refractivity contribution in [2.45, 2.75) is 78.4 Å². The number of hydrogen-bond acceptors (Lipinski definition) is 6. The topological polar surface area (TPSA) is 76.7 Å². The van der Waals surface area contributed by atoms with Gasteiger partial charge < -0.3 is 20.1 Å². The molecule has 6 nitrogen and oxygen atoms in total. The molecule has 6 heteroatoms. The maximum atomic E-state index is 12.6. The molecular formula is C28H36N2O4. The number of anilines is 2. The maximum Gasteiger partial charge on any atom is 0.336 e. The van der Waals surface area contributed by atoms with Crippen LogP contribution in [0.15, 0.2) is 47.8 Å². The second kappa shape index (κ2) is 7.37. The number of esters is 2. The Morgan fingerprint density at radius 1 is 0.706 bits per heavy atom. The third-order valence-corrected chi connectivity index (χ3v) is 9.82. The van der Waals surface area contributed by atoms with Crippen molar-refractivity contribution in [3.63, 3.8) is 0 Å². The fraction of sp³-hybridized carbons (Fsp3) is 0.571. The summed E-state index contributed by atoms with van der Waals surface area (Å²) in [4.78, 5) is 25.2. The average molecular weight is 465 g/mol. The SMILES string of the molecule is CC1(C)[C@@H]2CC[C@@]1(C)OC(=O)/C2=C\Nc1ccc(N/C=C2\C(=O)O[C@]3(C)CC[C@H]2C3(C)C)cc1. The van der Waals surface area contributed by atoms with Crippen LogP contribution in [0.1, 0.15) is 67.2 Å². The van der Waals surface area contributed by atoms with Crippen molar-refractivity contribution < 1.29 is 19.1 Å². The van der Waals surface area contributed by atoms with E-state index >= 15 is 0 Å². The van der Waals surface area contributed by atoms with Gasteiger partial charge in [-0.05, 0) is 63.8 Å². The molecule has 34 heavy (non-hydrogen) atoms. The van der Waals surface area contributed by atoms with Crippen molar-refractivity contribution in [3.05, 3.63) is 47.8 Å². The summed E-state index contributed by atoms with van der Waals surface area (Å²) in [6, 6.07) is 7.80. The number of carbonyl (C=O) groups is 2. The van der Waals surface area contributed by atoms with Crippen LogP contribution >= 0.6 is 0 Å². The maximum absolute atomic E-state index is 12.6. The summed E-state index contributed by atoms with van der Waals surface area (Å²) < 4.78 is 11.7. The number of hydrogen-bond donors (Lipinski definition) is 2. The molecule has 2 saturated carbocycles. The van der Waals surface area contributed by atoms with E-state index in [0.717, 1.165) is 37.1 Å². The Labute approximate surface area is 202 Å². The molecular weight excluding hydrogens is 428 g/mol. The first kappa shape index (κ1) is 23.0. The van der Waals surface area contributed by atoms with Gasteiger partial charge in [-0.3, -0.25) is 0 Å². The third-order valence-electron chi connectivity index (χ3n) is 9.82. The molecule has 4 aliphatic rings. The van der Waals surface area contributed by atoms with Gasteiger partial charge in [-0.1, -0.05) is 27.7 Å². The molecule has 4 atom stereocenters. The summed E-state index contributed by atoms with van der Waals surface area (Å²) in [6.07, 6.45) is 7.32. The Morgan fingerprint density at radius 2 is 1.06 bits per heavy atom. The predicted octanol–water partition coefficient (Wildman–Crippen LogP) is 5.78. The van der Waals surface area contributed by atoms with E-state index in [2.05, 4.69) is 52.2 Å². The van der Waals surface area contributed by atoms with Crippen LogP contribution in [0.2, 0.25) is 0 Å². The smallest absolute Gasteiger partial charge is 0.336 e. The van der Waals surface area contributed by atoms with Crippen molar-refractivity contribution in [2.24, 2.45) is 22.7 Å². The summed E-state index contributed by atoms with van der Waals surface area (Å²) >= 11 is 0. The number of ether oxygens (including phenoxy) is 2. The highest BCUT2D eigenvalue weighted by molar-refractivity contribution is 5.92. The second-order valence-electron chi connectivity index (χ2n) is 11.9. The summed E-state index contributed by atoms with van der Waals surface area (Å²) in [5.74, 6) is -0.0504. The fourth-order valence-corrected chi connectivity index (χ4v) is 6.51. The molecule has 5 rings (SSSR count). The lowest BCUT2D eigenvalue weighted by molar-refractivity contribution is -0.173. The molecule has 2 aliphatic heterocycles. The molecule has 1 aromatic rings. The number of nitrogens with one attached hydrogen (secondary N) is 2. The lowest BCUT2D eigenvalue weighted by Crippen LogP contribution is -2.49. The van der Waals surface area contributed by atoms with Gasteiger partial charge in [0.15, 0.2) is 0 Å². The van der Waals surface area contributed by atoms with Gasteiger partial charge in [0.2, 0.25) is 0 Å². The average Bonchev–Trinajstić information content (AvgIpc) is 2.98. The van der Waals surface area contributed by atoms with Gasteiger partial charge in [-0.25, -0.2) is 9.59 Å². The first-order valence-corrected chi connectivity index (χ1v) is 12.4. The largest absolute Gasteiger partial charge is 0.455 e. The molecule has 182 valence electrons. The third kappa shape index (κ3) is 3.21. The summed E-state index contributed by atoms with van der Waals surface area (Å²) in [5, 5.41) is 6.55. The van der Waals surface area contributed by atoms with E-state index in [4.69, 9.17) is 9.47 Å². The van der Waals surface area contributed by atoms with E-state index in [0.29, 0.717) is 11.1 Å². The normalized spacial score (nSPS) is 37.5. The molecule has 0 unspecified atom stereocenters. The van der Waals surface area contributed by atoms with Crippen molar-refractivity contribution in [1.82, 2.24) is 0 Å². The van der Waals surface area contributed by atoms with Crippen LogP contribution in [0.5, 0.6) is 0 Å². The zero-order valence-corrected chi connectivity index (χ0v) is 21.1. The molecule has 0 aromatic heterocycles. The first-order valence-electron chi connectivity index (χ1n) is 12.4. The molecule has 4 fully saturated rings. The monoisotopic (exact) mass is 464 g/mol. The van der Waals surface area contributed by atoms with E-state index in [1.165, 1.54) is 0 Å². The first-order chi connectivity index (χ1) is 15.9. The van der Waals surface area contributed by atoms with Crippen molar-refractivity contribution in [1.29, 1.82) is 0 Å². The zero-order valence-electron chi connectivity index (χ0n) is 21.1. The van der Waals surface area contributed by atoms with Gasteiger partial charge >= 0.3 is 11.9 Å². The molecule has 0 amide bonds. The van der Waals surface area contributed by atoms with Crippen LogP contribution in [-0.4, -0.2) is 23.1 Å². The Hall–Kier alpha value is -2.76. The van der Waals surface area contributed by atoms with E-state index in [1.54, 1.807) is 12.4 Å². The van der Waals surface area contributed by atoms with Crippen LogP contribution in [-0.2, 0) is 19.1 Å². The predicted molar refractivity (Wildman–Crippen MR) is 132 cm³/mol. The van der Waals surface area contributed by atoms with Crippen molar-refractivity contribution in [3.8, 4) is 0 Å².